The molecule has 1 aliphatic heterocycles. The first-order valence-corrected chi connectivity index (χ1v) is 11.9. The predicted octanol–water partition coefficient (Wildman–Crippen LogP) is 5.37. The summed E-state index contributed by atoms with van der Waals surface area (Å²) < 4.78 is 63.7. The maximum atomic E-state index is 15.3. The standard InChI is InChI=1S/C24H27ClF4N6O/c1-5-13-9-35(4)22-16-20(32-10-33-22)18(25)21(34-23(16)36-12(3)6-7-31-13)15-17(24(27,28)29)11(2)8-14(30)19(15)26/h8,10,12-13,31H,5-7,9,30H2,1-4H3/t12-,13+/m0/s1. The van der Waals surface area contributed by atoms with Crippen molar-refractivity contribution in [1.82, 2.24) is 20.3 Å². The zero-order valence-electron chi connectivity index (χ0n) is 20.3. The zero-order valence-corrected chi connectivity index (χ0v) is 21.1. The Bertz CT molecular complexity index is 1300. The van der Waals surface area contributed by atoms with Gasteiger partial charge in [-0.05, 0) is 44.9 Å². The molecule has 1 aromatic carbocycles. The van der Waals surface area contributed by atoms with E-state index in [0.29, 0.717) is 30.7 Å². The van der Waals surface area contributed by atoms with Crippen molar-refractivity contribution in [2.24, 2.45) is 0 Å². The van der Waals surface area contributed by atoms with Crippen LogP contribution in [0.5, 0.6) is 5.88 Å². The minimum Gasteiger partial charge on any atom is -0.474 e. The van der Waals surface area contributed by atoms with Crippen molar-refractivity contribution in [1.29, 1.82) is 0 Å². The number of anilines is 2. The van der Waals surface area contributed by atoms with Gasteiger partial charge >= 0.3 is 6.18 Å². The molecule has 12 heteroatoms. The molecule has 0 unspecified atom stereocenters. The van der Waals surface area contributed by atoms with E-state index >= 15 is 4.39 Å². The summed E-state index contributed by atoms with van der Waals surface area (Å²) in [5, 5.41) is 3.57. The van der Waals surface area contributed by atoms with Crippen LogP contribution in [0.2, 0.25) is 5.02 Å². The van der Waals surface area contributed by atoms with Crippen molar-refractivity contribution in [3.8, 4) is 17.1 Å². The van der Waals surface area contributed by atoms with Gasteiger partial charge in [0.1, 0.15) is 23.0 Å². The molecule has 0 amide bonds. The fourth-order valence-corrected chi connectivity index (χ4v) is 4.78. The average Bonchev–Trinajstić information content (AvgIpc) is 2.82. The summed E-state index contributed by atoms with van der Waals surface area (Å²) in [6, 6.07) is 1.10. The number of hydrogen-bond acceptors (Lipinski definition) is 7. The van der Waals surface area contributed by atoms with Gasteiger partial charge in [-0.1, -0.05) is 18.5 Å². The van der Waals surface area contributed by atoms with Gasteiger partial charge in [-0.15, -0.1) is 0 Å². The number of nitrogens with one attached hydrogen (secondary N) is 1. The molecule has 1 aliphatic rings. The number of likely N-dealkylation sites (N-methyl/N-ethyl adjacent to an activating group) is 1. The third-order valence-corrected chi connectivity index (χ3v) is 6.68. The second-order valence-corrected chi connectivity index (χ2v) is 9.38. The lowest BCUT2D eigenvalue weighted by molar-refractivity contribution is -0.137. The van der Waals surface area contributed by atoms with E-state index in [4.69, 9.17) is 22.1 Å². The van der Waals surface area contributed by atoms with E-state index in [1.54, 1.807) is 0 Å². The van der Waals surface area contributed by atoms with Crippen LogP contribution in [0.1, 0.15) is 37.8 Å². The Balaban J connectivity index is 2.07. The molecule has 0 radical (unpaired) electrons. The molecule has 2 atom stereocenters. The van der Waals surface area contributed by atoms with Crippen LogP contribution in [0.4, 0.5) is 29.1 Å². The molecule has 3 N–H and O–H groups in total. The summed E-state index contributed by atoms with van der Waals surface area (Å²) in [5.74, 6) is -0.840. The van der Waals surface area contributed by atoms with E-state index in [2.05, 4.69) is 27.2 Å². The van der Waals surface area contributed by atoms with Crippen molar-refractivity contribution in [3.05, 3.63) is 34.4 Å². The van der Waals surface area contributed by atoms with E-state index < -0.39 is 34.5 Å². The van der Waals surface area contributed by atoms with Crippen LogP contribution < -0.4 is 20.7 Å². The second-order valence-electron chi connectivity index (χ2n) is 9.00. The zero-order chi connectivity index (χ0) is 26.4. The van der Waals surface area contributed by atoms with Crippen molar-refractivity contribution >= 4 is 34.0 Å². The number of ether oxygens (including phenoxy) is 1. The number of halogens is 5. The summed E-state index contributed by atoms with van der Waals surface area (Å²) in [6.45, 7) is 6.34. The first kappa shape index (κ1) is 26.2. The van der Waals surface area contributed by atoms with Crippen LogP contribution in [-0.4, -0.2) is 47.2 Å². The lowest BCUT2D eigenvalue weighted by atomic mass is 9.96. The summed E-state index contributed by atoms with van der Waals surface area (Å²) in [7, 11) is 1.84. The van der Waals surface area contributed by atoms with Crippen LogP contribution in [0.25, 0.3) is 22.2 Å². The molecule has 3 aromatic rings. The normalized spacial score (nSPS) is 19.2. The lowest BCUT2D eigenvalue weighted by Gasteiger charge is -2.26. The Morgan fingerprint density at radius 2 is 2.03 bits per heavy atom. The van der Waals surface area contributed by atoms with Crippen LogP contribution in [0, 0.1) is 12.7 Å². The molecule has 3 heterocycles. The monoisotopic (exact) mass is 526 g/mol. The number of nitrogens with two attached hydrogens (primary N) is 1. The fourth-order valence-electron chi connectivity index (χ4n) is 4.50. The highest BCUT2D eigenvalue weighted by molar-refractivity contribution is 6.38. The largest absolute Gasteiger partial charge is 0.474 e. The molecule has 0 aliphatic carbocycles. The van der Waals surface area contributed by atoms with Gasteiger partial charge in [0.25, 0.3) is 0 Å². The fraction of sp³-hybridized carbons (Fsp3) is 0.458. The molecule has 4 rings (SSSR count). The van der Waals surface area contributed by atoms with E-state index in [0.717, 1.165) is 12.5 Å². The molecule has 0 fully saturated rings. The highest BCUT2D eigenvalue weighted by atomic mass is 35.5. The molecule has 7 nitrogen and oxygen atoms in total. The van der Waals surface area contributed by atoms with Crippen molar-refractivity contribution in [2.75, 3.05) is 30.8 Å². The molecule has 0 bridgehead atoms. The van der Waals surface area contributed by atoms with Crippen LogP contribution >= 0.6 is 11.6 Å². The van der Waals surface area contributed by atoms with E-state index in [-0.39, 0.29) is 34.1 Å². The Kier molecular flexibility index (Phi) is 7.16. The Morgan fingerprint density at radius 3 is 2.69 bits per heavy atom. The molecule has 0 saturated heterocycles. The second kappa shape index (κ2) is 9.85. The summed E-state index contributed by atoms with van der Waals surface area (Å²) in [5.41, 5.74) is 2.63. The van der Waals surface area contributed by atoms with Gasteiger partial charge < -0.3 is 20.7 Å². The molecular weight excluding hydrogens is 500 g/mol. The highest BCUT2D eigenvalue weighted by Crippen LogP contribution is 2.47. The Morgan fingerprint density at radius 1 is 1.31 bits per heavy atom. The summed E-state index contributed by atoms with van der Waals surface area (Å²) in [6.07, 6.45) is -2.53. The van der Waals surface area contributed by atoms with Gasteiger partial charge in [-0.2, -0.15) is 13.2 Å². The maximum Gasteiger partial charge on any atom is 0.417 e. The van der Waals surface area contributed by atoms with Crippen molar-refractivity contribution in [2.45, 2.75) is 51.9 Å². The number of rotatable bonds is 2. The number of nitrogen functional groups attached to an aromatic ring is 1. The van der Waals surface area contributed by atoms with Crippen LogP contribution in [0.3, 0.4) is 0 Å². The van der Waals surface area contributed by atoms with Crippen LogP contribution in [0.15, 0.2) is 12.4 Å². The van der Waals surface area contributed by atoms with Crippen LogP contribution in [-0.2, 0) is 6.18 Å². The number of hydrogen-bond donors (Lipinski definition) is 2. The molecule has 0 saturated carbocycles. The first-order valence-electron chi connectivity index (χ1n) is 11.6. The number of aromatic nitrogens is 3. The van der Waals surface area contributed by atoms with Gasteiger partial charge in [0, 0.05) is 19.6 Å². The molecule has 2 aromatic heterocycles. The highest BCUT2D eigenvalue weighted by Gasteiger charge is 2.39. The topological polar surface area (TPSA) is 89.2 Å². The molecular formula is C24H27ClF4N6O. The third kappa shape index (κ3) is 4.73. The predicted molar refractivity (Wildman–Crippen MR) is 132 cm³/mol. The number of alkyl halides is 3. The van der Waals surface area contributed by atoms with Gasteiger partial charge in [0.15, 0.2) is 5.82 Å². The number of benzene rings is 1. The molecule has 0 spiro atoms. The van der Waals surface area contributed by atoms with Crippen molar-refractivity contribution in [3.63, 3.8) is 0 Å². The van der Waals surface area contributed by atoms with Gasteiger partial charge in [0.05, 0.1) is 33.6 Å². The number of aryl methyl sites for hydroxylation is 1. The number of nitrogens with zero attached hydrogens (tertiary/aromatic N) is 4. The Hall–Kier alpha value is -2.92. The smallest absolute Gasteiger partial charge is 0.417 e. The molecule has 194 valence electrons. The lowest BCUT2D eigenvalue weighted by Crippen LogP contribution is -2.40. The summed E-state index contributed by atoms with van der Waals surface area (Å²) >= 11 is 6.63. The van der Waals surface area contributed by atoms with E-state index in [1.807, 2.05) is 18.9 Å². The average molecular weight is 527 g/mol. The van der Waals surface area contributed by atoms with E-state index in [9.17, 15) is 13.2 Å². The summed E-state index contributed by atoms with van der Waals surface area (Å²) in [4.78, 5) is 14.9. The number of pyridine rings is 1. The SMILES string of the molecule is CC[C@@H]1CN(C)c2ncnc3c(Cl)c(-c4c(F)c(N)cc(C)c4C(F)(F)F)nc(c23)O[C@@H](C)CCN1. The minimum absolute atomic E-state index is 0.0260. The quantitative estimate of drug-likeness (QED) is 0.343. The van der Waals surface area contributed by atoms with Crippen molar-refractivity contribution < 1.29 is 22.3 Å². The van der Waals surface area contributed by atoms with Gasteiger partial charge in [0.2, 0.25) is 5.88 Å². The van der Waals surface area contributed by atoms with E-state index in [1.165, 1.54) is 13.3 Å². The third-order valence-electron chi connectivity index (χ3n) is 6.33. The Labute approximate surface area is 211 Å². The van der Waals surface area contributed by atoms with Gasteiger partial charge in [-0.3, -0.25) is 0 Å². The maximum absolute atomic E-state index is 15.3. The molecule has 36 heavy (non-hydrogen) atoms. The van der Waals surface area contributed by atoms with Gasteiger partial charge in [-0.25, -0.2) is 19.3 Å². The first-order chi connectivity index (χ1) is 16.9. The minimum atomic E-state index is -4.89.